The number of nitrogens with zero attached hydrogens (tertiary/aromatic N) is 1. The molecule has 0 saturated carbocycles. The molecule has 0 aliphatic rings. The van der Waals surface area contributed by atoms with Crippen LogP contribution in [0.4, 0.5) is 0 Å². The minimum absolute atomic E-state index is 0.0495. The molecule has 0 heterocycles. The summed E-state index contributed by atoms with van der Waals surface area (Å²) >= 11 is 0. The van der Waals surface area contributed by atoms with Crippen LogP contribution in [-0.2, 0) is 18.4 Å². The zero-order valence-electron chi connectivity index (χ0n) is 31.2. The average Bonchev–Trinajstić information content (AvgIpc) is 3.02. The van der Waals surface area contributed by atoms with Crippen molar-refractivity contribution in [3.63, 3.8) is 0 Å². The van der Waals surface area contributed by atoms with Crippen LogP contribution in [0.15, 0.2) is 60.8 Å². The molecular weight excluding hydrogens is 623 g/mol. The van der Waals surface area contributed by atoms with Crippen molar-refractivity contribution in [3.05, 3.63) is 60.8 Å². The summed E-state index contributed by atoms with van der Waals surface area (Å²) in [6.07, 6.45) is 38.6. The lowest BCUT2D eigenvalue weighted by Gasteiger charge is -2.25. The standard InChI is InChI=1S/C39H71N2O6P/c1-6-8-10-12-14-16-18-19-20-21-23-25-27-29-31-33-39(43)40-37(36-47-48(44,45)46-35-34-41(3,4)5)38(42)32-30-28-26-24-22-17-15-13-11-9-7-2/h8,10,14,16,19-20,22,24,30,32,37-38,42H,6-7,9,11-13,15,17-18,21,23,25-29,31,33-36H2,1-5H3,(H-,40,43,44,45)/p+1/b10-8-,16-14-,20-19-,24-22+,32-30+. The molecule has 278 valence electrons. The van der Waals surface area contributed by atoms with Crippen molar-refractivity contribution in [1.29, 1.82) is 0 Å². The van der Waals surface area contributed by atoms with Gasteiger partial charge < -0.3 is 19.8 Å². The summed E-state index contributed by atoms with van der Waals surface area (Å²) in [5, 5.41) is 13.7. The van der Waals surface area contributed by atoms with Gasteiger partial charge in [-0.3, -0.25) is 13.8 Å². The van der Waals surface area contributed by atoms with Crippen molar-refractivity contribution in [3.8, 4) is 0 Å². The second kappa shape index (κ2) is 31.2. The average molecular weight is 696 g/mol. The van der Waals surface area contributed by atoms with Crippen molar-refractivity contribution in [1.82, 2.24) is 5.32 Å². The zero-order valence-corrected chi connectivity index (χ0v) is 32.1. The Morgan fingerprint density at radius 3 is 1.92 bits per heavy atom. The number of phosphoric acid groups is 1. The van der Waals surface area contributed by atoms with Crippen molar-refractivity contribution in [2.45, 2.75) is 142 Å². The lowest BCUT2D eigenvalue weighted by Crippen LogP contribution is -2.45. The predicted octanol–water partition coefficient (Wildman–Crippen LogP) is 9.51. The number of likely N-dealkylation sites (N-methyl/N-ethyl adjacent to an activating group) is 1. The molecule has 0 fully saturated rings. The molecule has 0 aromatic heterocycles. The van der Waals surface area contributed by atoms with Crippen LogP contribution in [0.2, 0.25) is 0 Å². The van der Waals surface area contributed by atoms with Crippen LogP contribution in [0.5, 0.6) is 0 Å². The fourth-order valence-electron chi connectivity index (χ4n) is 4.71. The van der Waals surface area contributed by atoms with E-state index < -0.39 is 20.0 Å². The van der Waals surface area contributed by atoms with Crippen LogP contribution in [-0.4, -0.2) is 73.4 Å². The van der Waals surface area contributed by atoms with Gasteiger partial charge in [0.05, 0.1) is 39.9 Å². The lowest BCUT2D eigenvalue weighted by atomic mass is 10.1. The first-order valence-corrected chi connectivity index (χ1v) is 20.2. The minimum atomic E-state index is -4.34. The summed E-state index contributed by atoms with van der Waals surface area (Å²) in [5.74, 6) is -0.210. The molecule has 0 aromatic carbocycles. The van der Waals surface area contributed by atoms with Gasteiger partial charge in [0.1, 0.15) is 13.2 Å². The molecular formula is C39H72N2O6P+. The lowest BCUT2D eigenvalue weighted by molar-refractivity contribution is -0.870. The topological polar surface area (TPSA) is 105 Å². The maximum absolute atomic E-state index is 12.8. The van der Waals surface area contributed by atoms with Crippen LogP contribution in [0.1, 0.15) is 129 Å². The molecule has 9 heteroatoms. The molecule has 0 radical (unpaired) electrons. The third-order valence-corrected chi connectivity index (χ3v) is 8.71. The van der Waals surface area contributed by atoms with E-state index in [1.54, 1.807) is 6.08 Å². The molecule has 0 rings (SSSR count). The first-order chi connectivity index (χ1) is 23.0. The van der Waals surface area contributed by atoms with Gasteiger partial charge in [-0.25, -0.2) is 4.57 Å². The highest BCUT2D eigenvalue weighted by Crippen LogP contribution is 2.43. The Hall–Kier alpha value is -1.80. The van der Waals surface area contributed by atoms with Crippen LogP contribution in [0, 0.1) is 0 Å². The first kappa shape index (κ1) is 46.2. The number of hydrogen-bond acceptors (Lipinski definition) is 5. The van der Waals surface area contributed by atoms with Crippen molar-refractivity contribution in [2.75, 3.05) is 40.9 Å². The molecule has 0 spiro atoms. The molecule has 8 nitrogen and oxygen atoms in total. The van der Waals surface area contributed by atoms with E-state index in [2.05, 4.69) is 67.8 Å². The fraction of sp³-hybridized carbons (Fsp3) is 0.718. The molecule has 0 aromatic rings. The maximum atomic E-state index is 12.8. The quantitative estimate of drug-likeness (QED) is 0.0280. The van der Waals surface area contributed by atoms with Gasteiger partial charge in [0.15, 0.2) is 0 Å². The van der Waals surface area contributed by atoms with Gasteiger partial charge in [0, 0.05) is 6.42 Å². The second-order valence-electron chi connectivity index (χ2n) is 13.6. The molecule has 48 heavy (non-hydrogen) atoms. The number of nitrogens with one attached hydrogen (secondary N) is 1. The van der Waals surface area contributed by atoms with E-state index >= 15 is 0 Å². The summed E-state index contributed by atoms with van der Waals surface area (Å²) in [7, 11) is 1.53. The summed E-state index contributed by atoms with van der Waals surface area (Å²) < 4.78 is 23.4. The largest absolute Gasteiger partial charge is 0.472 e. The Kier molecular flexibility index (Phi) is 30.0. The number of aliphatic hydroxyl groups excluding tert-OH is 1. The van der Waals surface area contributed by atoms with Gasteiger partial charge >= 0.3 is 7.82 Å². The monoisotopic (exact) mass is 696 g/mol. The summed E-state index contributed by atoms with van der Waals surface area (Å²) in [4.78, 5) is 22.9. The van der Waals surface area contributed by atoms with Crippen molar-refractivity contribution >= 4 is 13.7 Å². The zero-order chi connectivity index (χ0) is 35.8. The van der Waals surface area contributed by atoms with E-state index in [-0.39, 0.29) is 19.1 Å². The molecule has 1 amide bonds. The van der Waals surface area contributed by atoms with Gasteiger partial charge in [0.2, 0.25) is 5.91 Å². The summed E-state index contributed by atoms with van der Waals surface area (Å²) in [6.45, 7) is 4.60. The van der Waals surface area contributed by atoms with E-state index in [4.69, 9.17) is 9.05 Å². The molecule has 3 atom stereocenters. The highest BCUT2D eigenvalue weighted by atomic mass is 31.2. The second-order valence-corrected chi connectivity index (χ2v) is 15.0. The number of amides is 1. The molecule has 3 N–H and O–H groups in total. The SMILES string of the molecule is CC/C=C\C/C=C\C/C=C\CCCCCCCC(=O)NC(COP(=O)(O)OCC[N+](C)(C)C)C(O)/C=C/CC/C=C/CCCCCCC. The third kappa shape index (κ3) is 32.7. The van der Waals surface area contributed by atoms with Crippen molar-refractivity contribution < 1.29 is 32.9 Å². The fourth-order valence-corrected chi connectivity index (χ4v) is 5.45. The Labute approximate surface area is 294 Å². The van der Waals surface area contributed by atoms with Crippen LogP contribution < -0.4 is 5.32 Å². The van der Waals surface area contributed by atoms with E-state index in [0.717, 1.165) is 77.0 Å². The molecule has 0 aliphatic carbocycles. The maximum Gasteiger partial charge on any atom is 0.472 e. The minimum Gasteiger partial charge on any atom is -0.387 e. The smallest absolute Gasteiger partial charge is 0.387 e. The van der Waals surface area contributed by atoms with Gasteiger partial charge in [-0.15, -0.1) is 0 Å². The number of unbranched alkanes of at least 4 members (excludes halogenated alkanes) is 11. The van der Waals surface area contributed by atoms with Crippen LogP contribution in [0.25, 0.3) is 0 Å². The van der Waals surface area contributed by atoms with Crippen LogP contribution >= 0.6 is 7.82 Å². The number of rotatable bonds is 32. The number of phosphoric ester groups is 1. The summed E-state index contributed by atoms with van der Waals surface area (Å²) in [6, 6.07) is -0.871. The molecule has 0 saturated heterocycles. The van der Waals surface area contributed by atoms with Crippen molar-refractivity contribution in [2.24, 2.45) is 0 Å². The molecule has 3 unspecified atom stereocenters. The highest BCUT2D eigenvalue weighted by Gasteiger charge is 2.27. The van der Waals surface area contributed by atoms with E-state index in [9.17, 15) is 19.4 Å². The highest BCUT2D eigenvalue weighted by molar-refractivity contribution is 7.47. The van der Waals surface area contributed by atoms with E-state index in [1.165, 1.54) is 32.1 Å². The Morgan fingerprint density at radius 1 is 0.729 bits per heavy atom. The van der Waals surface area contributed by atoms with Gasteiger partial charge in [-0.2, -0.15) is 0 Å². The Balaban J connectivity index is 4.62. The number of quaternary nitrogens is 1. The first-order valence-electron chi connectivity index (χ1n) is 18.7. The van der Waals surface area contributed by atoms with Gasteiger partial charge in [-0.1, -0.05) is 120 Å². The number of aliphatic hydroxyl groups is 1. The summed E-state index contributed by atoms with van der Waals surface area (Å²) in [5.41, 5.74) is 0. The molecule has 0 bridgehead atoms. The number of allylic oxidation sites excluding steroid dienone is 9. The number of carbonyl (C=O) groups is 1. The number of hydrogen-bond donors (Lipinski definition) is 3. The van der Waals surface area contributed by atoms with E-state index in [0.29, 0.717) is 17.4 Å². The Bertz CT molecular complexity index is 970. The van der Waals surface area contributed by atoms with Gasteiger partial charge in [-0.05, 0) is 64.2 Å². The van der Waals surface area contributed by atoms with Crippen LogP contribution in [0.3, 0.4) is 0 Å². The predicted molar refractivity (Wildman–Crippen MR) is 203 cm³/mol. The number of carbonyl (C=O) groups excluding carboxylic acids is 1. The third-order valence-electron chi connectivity index (χ3n) is 7.72. The van der Waals surface area contributed by atoms with Gasteiger partial charge in [0.25, 0.3) is 0 Å². The molecule has 0 aliphatic heterocycles. The Morgan fingerprint density at radius 2 is 1.27 bits per heavy atom. The normalized spacial score (nSPS) is 15.4. The van der Waals surface area contributed by atoms with E-state index in [1.807, 2.05) is 27.2 Å².